The third kappa shape index (κ3) is 4.61. The molecule has 31 heavy (non-hydrogen) atoms. The van der Waals surface area contributed by atoms with Gasteiger partial charge in [-0.05, 0) is 65.7 Å². The van der Waals surface area contributed by atoms with Crippen molar-refractivity contribution in [2.24, 2.45) is 0 Å². The van der Waals surface area contributed by atoms with Crippen LogP contribution in [0.2, 0.25) is 0 Å². The molecule has 2 N–H and O–H groups in total. The maximum Gasteiger partial charge on any atom is 0.339 e. The molecule has 0 radical (unpaired) electrons. The van der Waals surface area contributed by atoms with Crippen LogP contribution in [0.15, 0.2) is 66.7 Å². The highest BCUT2D eigenvalue weighted by atomic mass is 19.1. The molecule has 0 spiro atoms. The van der Waals surface area contributed by atoms with Gasteiger partial charge in [-0.3, -0.25) is 9.59 Å². The van der Waals surface area contributed by atoms with Gasteiger partial charge < -0.3 is 15.4 Å². The number of halogens is 1. The smallest absolute Gasteiger partial charge is 0.339 e. The lowest BCUT2D eigenvalue weighted by Crippen LogP contribution is -2.23. The quantitative estimate of drug-likeness (QED) is 0.612. The molecular weight excluding hydrogens is 399 g/mol. The molecule has 1 unspecified atom stereocenters. The molecule has 1 heterocycles. The number of rotatable bonds is 4. The lowest BCUT2D eigenvalue weighted by molar-refractivity contribution is -0.114. The molecule has 0 bridgehead atoms. The Balaban J connectivity index is 1.51. The van der Waals surface area contributed by atoms with E-state index in [0.717, 1.165) is 0 Å². The third-order valence-corrected chi connectivity index (χ3v) is 4.95. The molecule has 1 aliphatic rings. The first-order chi connectivity index (χ1) is 14.9. The zero-order valence-corrected chi connectivity index (χ0v) is 16.6. The van der Waals surface area contributed by atoms with E-state index in [1.54, 1.807) is 54.6 Å². The Hall–Kier alpha value is -4.00. The second-order valence-electron chi connectivity index (χ2n) is 7.23. The number of hydrogen-bond donors (Lipinski definition) is 2. The molecule has 0 saturated heterocycles. The average Bonchev–Trinajstić information content (AvgIpc) is 2.75. The predicted molar refractivity (Wildman–Crippen MR) is 113 cm³/mol. The van der Waals surface area contributed by atoms with Gasteiger partial charge in [0.05, 0.1) is 5.56 Å². The van der Waals surface area contributed by atoms with Crippen LogP contribution in [0.3, 0.4) is 0 Å². The number of benzene rings is 3. The maximum atomic E-state index is 13.2. The molecule has 2 amide bonds. The molecule has 7 heteroatoms. The molecule has 156 valence electrons. The van der Waals surface area contributed by atoms with Gasteiger partial charge in [0, 0.05) is 30.3 Å². The summed E-state index contributed by atoms with van der Waals surface area (Å²) in [6.07, 6.45) is -0.153. The van der Waals surface area contributed by atoms with E-state index in [9.17, 15) is 18.8 Å². The molecule has 0 saturated carbocycles. The normalized spacial score (nSPS) is 14.9. The van der Waals surface area contributed by atoms with Crippen molar-refractivity contribution >= 4 is 29.2 Å². The molecule has 6 nitrogen and oxygen atoms in total. The molecule has 0 aliphatic carbocycles. The van der Waals surface area contributed by atoms with Crippen molar-refractivity contribution in [1.82, 2.24) is 0 Å². The minimum atomic E-state index is -0.541. The molecular formula is C24H19FN2O4. The molecule has 3 aromatic rings. The van der Waals surface area contributed by atoms with Gasteiger partial charge in [-0.1, -0.05) is 12.1 Å². The topological polar surface area (TPSA) is 84.5 Å². The van der Waals surface area contributed by atoms with E-state index in [1.165, 1.54) is 19.1 Å². The predicted octanol–water partition coefficient (Wildman–Crippen LogP) is 4.49. The van der Waals surface area contributed by atoms with Gasteiger partial charge in [0.15, 0.2) is 0 Å². The highest BCUT2D eigenvalue weighted by molar-refractivity contribution is 6.05. The van der Waals surface area contributed by atoms with E-state index in [2.05, 4.69) is 10.6 Å². The fourth-order valence-corrected chi connectivity index (χ4v) is 3.44. The SMILES string of the molecule is CC(=O)Nc1ccc(NC(=O)c2ccc3c(c2)CC(c2ccc(F)cc2)OC3=O)cc1. The Morgan fingerprint density at radius 1 is 0.935 bits per heavy atom. The fraction of sp³-hybridized carbons (Fsp3) is 0.125. The van der Waals surface area contributed by atoms with Gasteiger partial charge >= 0.3 is 5.97 Å². The van der Waals surface area contributed by atoms with Crippen molar-refractivity contribution in [2.75, 3.05) is 10.6 Å². The first-order valence-electron chi connectivity index (χ1n) is 9.67. The Morgan fingerprint density at radius 3 is 2.23 bits per heavy atom. The third-order valence-electron chi connectivity index (χ3n) is 4.95. The van der Waals surface area contributed by atoms with Crippen LogP contribution in [0.5, 0.6) is 0 Å². The number of anilines is 2. The van der Waals surface area contributed by atoms with Crippen molar-refractivity contribution in [3.05, 3.63) is 94.8 Å². The van der Waals surface area contributed by atoms with Crippen molar-refractivity contribution in [3.8, 4) is 0 Å². The lowest BCUT2D eigenvalue weighted by atomic mass is 9.93. The molecule has 1 atom stereocenters. The number of fused-ring (bicyclic) bond motifs is 1. The standard InChI is InChI=1S/C24H19FN2O4/c1-14(28)26-19-7-9-20(10-8-19)27-23(29)16-4-11-21-17(12-16)13-22(31-24(21)30)15-2-5-18(25)6-3-15/h2-12,22H,13H2,1H3,(H,26,28)(H,27,29). The Kier molecular flexibility index (Phi) is 5.49. The summed E-state index contributed by atoms with van der Waals surface area (Å²) < 4.78 is 18.7. The van der Waals surface area contributed by atoms with Crippen LogP contribution in [-0.4, -0.2) is 17.8 Å². The van der Waals surface area contributed by atoms with E-state index in [-0.39, 0.29) is 17.6 Å². The fourth-order valence-electron chi connectivity index (χ4n) is 3.44. The minimum Gasteiger partial charge on any atom is -0.454 e. The first kappa shape index (κ1) is 20.3. The number of nitrogens with one attached hydrogen (secondary N) is 2. The molecule has 0 aromatic heterocycles. The van der Waals surface area contributed by atoms with Crippen LogP contribution in [-0.2, 0) is 16.0 Å². The zero-order valence-electron chi connectivity index (χ0n) is 16.6. The van der Waals surface area contributed by atoms with Crippen LogP contribution < -0.4 is 10.6 Å². The van der Waals surface area contributed by atoms with Crippen molar-refractivity contribution in [2.45, 2.75) is 19.4 Å². The highest BCUT2D eigenvalue weighted by Crippen LogP contribution is 2.31. The van der Waals surface area contributed by atoms with E-state index >= 15 is 0 Å². The van der Waals surface area contributed by atoms with Gasteiger partial charge in [-0.2, -0.15) is 0 Å². The minimum absolute atomic E-state index is 0.177. The summed E-state index contributed by atoms with van der Waals surface area (Å²) in [5.41, 5.74) is 3.39. The van der Waals surface area contributed by atoms with Crippen LogP contribution in [0.4, 0.5) is 15.8 Å². The van der Waals surface area contributed by atoms with Crippen molar-refractivity contribution in [3.63, 3.8) is 0 Å². The number of esters is 1. The van der Waals surface area contributed by atoms with Crippen LogP contribution in [0, 0.1) is 5.82 Å². The van der Waals surface area contributed by atoms with E-state index in [0.29, 0.717) is 40.0 Å². The van der Waals surface area contributed by atoms with Gasteiger partial charge in [0.1, 0.15) is 11.9 Å². The Morgan fingerprint density at radius 2 is 1.58 bits per heavy atom. The molecule has 3 aromatic carbocycles. The van der Waals surface area contributed by atoms with Crippen LogP contribution in [0.1, 0.15) is 44.9 Å². The number of carbonyl (C=O) groups is 3. The van der Waals surface area contributed by atoms with Gasteiger partial charge in [-0.25, -0.2) is 9.18 Å². The summed E-state index contributed by atoms with van der Waals surface area (Å²) >= 11 is 0. The average molecular weight is 418 g/mol. The number of ether oxygens (including phenoxy) is 1. The van der Waals surface area contributed by atoms with Gasteiger partial charge in [0.2, 0.25) is 5.91 Å². The van der Waals surface area contributed by atoms with Crippen LogP contribution in [0.25, 0.3) is 0 Å². The lowest BCUT2D eigenvalue weighted by Gasteiger charge is -2.25. The molecule has 0 fully saturated rings. The second kappa shape index (κ2) is 8.39. The Bertz CT molecular complexity index is 1160. The second-order valence-corrected chi connectivity index (χ2v) is 7.23. The molecule has 4 rings (SSSR count). The Labute approximate surface area is 178 Å². The highest BCUT2D eigenvalue weighted by Gasteiger charge is 2.28. The summed E-state index contributed by atoms with van der Waals surface area (Å²) in [4.78, 5) is 36.2. The van der Waals surface area contributed by atoms with Gasteiger partial charge in [-0.15, -0.1) is 0 Å². The largest absolute Gasteiger partial charge is 0.454 e. The molecule has 1 aliphatic heterocycles. The van der Waals surface area contributed by atoms with E-state index < -0.39 is 12.1 Å². The monoisotopic (exact) mass is 418 g/mol. The number of hydrogen-bond acceptors (Lipinski definition) is 4. The van der Waals surface area contributed by atoms with Crippen LogP contribution >= 0.6 is 0 Å². The number of carbonyl (C=O) groups excluding carboxylic acids is 3. The summed E-state index contributed by atoms with van der Waals surface area (Å²) in [6, 6.07) is 17.4. The summed E-state index contributed by atoms with van der Waals surface area (Å²) in [5.74, 6) is -1.35. The number of amides is 2. The van der Waals surface area contributed by atoms with Crippen molar-refractivity contribution < 1.29 is 23.5 Å². The van der Waals surface area contributed by atoms with E-state index in [1.807, 2.05) is 0 Å². The van der Waals surface area contributed by atoms with Crippen molar-refractivity contribution in [1.29, 1.82) is 0 Å². The summed E-state index contributed by atoms with van der Waals surface area (Å²) in [7, 11) is 0. The zero-order chi connectivity index (χ0) is 22.0. The van der Waals surface area contributed by atoms with Gasteiger partial charge in [0.25, 0.3) is 5.91 Å². The first-order valence-corrected chi connectivity index (χ1v) is 9.67. The summed E-state index contributed by atoms with van der Waals surface area (Å²) in [5, 5.41) is 5.46. The summed E-state index contributed by atoms with van der Waals surface area (Å²) in [6.45, 7) is 1.42. The van der Waals surface area contributed by atoms with E-state index in [4.69, 9.17) is 4.74 Å². The maximum absolute atomic E-state index is 13.2. The number of cyclic esters (lactones) is 1.